The molecule has 4 nitrogen and oxygen atoms in total. The molecule has 4 rings (SSSR count). The summed E-state index contributed by atoms with van der Waals surface area (Å²) in [4.78, 5) is 17.4. The van der Waals surface area contributed by atoms with Crippen molar-refractivity contribution in [3.63, 3.8) is 0 Å². The fourth-order valence-electron chi connectivity index (χ4n) is 3.15. The van der Waals surface area contributed by atoms with Crippen molar-refractivity contribution in [1.29, 1.82) is 0 Å². The van der Waals surface area contributed by atoms with Crippen LogP contribution in [0.4, 0.5) is 0 Å². The third-order valence-corrected chi connectivity index (χ3v) is 4.66. The van der Waals surface area contributed by atoms with Crippen molar-refractivity contribution >= 4 is 10.9 Å². The number of quaternary nitrogens is 1. The molecule has 0 saturated carbocycles. The van der Waals surface area contributed by atoms with Gasteiger partial charge in [-0.2, -0.15) is 0 Å². The van der Waals surface area contributed by atoms with Crippen LogP contribution in [0.2, 0.25) is 0 Å². The molecule has 2 heterocycles. The predicted octanol–water partition coefficient (Wildman–Crippen LogP) is 3.01. The van der Waals surface area contributed by atoms with Gasteiger partial charge in [-0.25, -0.2) is 4.98 Å². The largest absolute Gasteiger partial charge is 0.354 e. The first-order valence-electron chi connectivity index (χ1n) is 8.62. The lowest BCUT2D eigenvalue weighted by atomic mass is 9.97. The van der Waals surface area contributed by atoms with Crippen molar-refractivity contribution in [2.24, 2.45) is 7.05 Å². The third kappa shape index (κ3) is 2.80. The highest BCUT2D eigenvalue weighted by Gasteiger charge is 2.13. The fraction of sp³-hybridized carbons (Fsp3) is 0.0909. The van der Waals surface area contributed by atoms with Crippen molar-refractivity contribution in [3.8, 4) is 22.4 Å². The quantitative estimate of drug-likeness (QED) is 0.622. The molecule has 0 fully saturated rings. The van der Waals surface area contributed by atoms with Crippen molar-refractivity contribution in [1.82, 2.24) is 9.55 Å². The highest BCUT2D eigenvalue weighted by Crippen LogP contribution is 2.32. The van der Waals surface area contributed by atoms with Gasteiger partial charge in [0.05, 0.1) is 23.1 Å². The summed E-state index contributed by atoms with van der Waals surface area (Å²) in [5.74, 6) is 0. The second kappa shape index (κ2) is 6.58. The first-order valence-corrected chi connectivity index (χ1v) is 8.62. The predicted molar refractivity (Wildman–Crippen MR) is 104 cm³/mol. The molecular formula is C22H20N3O+. The SMILES string of the molecule is Cn1ccc2nc(-c3ccc(C[NH3+])cc3)c(-c3ccccc3)cc2c1=O. The lowest BCUT2D eigenvalue weighted by Gasteiger charge is -2.12. The minimum Gasteiger partial charge on any atom is -0.354 e. The number of hydrogen-bond donors (Lipinski definition) is 1. The van der Waals surface area contributed by atoms with Crippen LogP contribution in [0.5, 0.6) is 0 Å². The first kappa shape index (κ1) is 16.2. The Morgan fingerprint density at radius 2 is 1.69 bits per heavy atom. The monoisotopic (exact) mass is 342 g/mol. The molecule has 0 aliphatic rings. The summed E-state index contributed by atoms with van der Waals surface area (Å²) in [6.45, 7) is 0.757. The number of nitrogens with zero attached hydrogens (tertiary/aromatic N) is 2. The van der Waals surface area contributed by atoms with Crippen molar-refractivity contribution < 1.29 is 5.73 Å². The Labute approximate surface area is 151 Å². The first-order chi connectivity index (χ1) is 12.7. The molecule has 0 amide bonds. The lowest BCUT2D eigenvalue weighted by Crippen LogP contribution is -2.47. The third-order valence-electron chi connectivity index (χ3n) is 4.66. The molecule has 26 heavy (non-hydrogen) atoms. The minimum absolute atomic E-state index is 0.0360. The standard InChI is InChI=1S/C22H19N3O/c1-25-12-11-20-19(22(25)26)13-18(16-5-3-2-4-6-16)21(24-20)17-9-7-15(14-23)8-10-17/h2-13H,14,23H2,1H3/p+1. The number of aromatic nitrogens is 2. The van der Waals surface area contributed by atoms with Gasteiger partial charge in [0, 0.05) is 29.9 Å². The van der Waals surface area contributed by atoms with Crippen LogP contribution in [-0.2, 0) is 13.6 Å². The smallest absolute Gasteiger partial charge is 0.259 e. The topological polar surface area (TPSA) is 62.5 Å². The van der Waals surface area contributed by atoms with Gasteiger partial charge >= 0.3 is 0 Å². The van der Waals surface area contributed by atoms with E-state index >= 15 is 0 Å². The molecular weight excluding hydrogens is 322 g/mol. The van der Waals surface area contributed by atoms with Gasteiger partial charge in [-0.3, -0.25) is 4.79 Å². The molecule has 0 unspecified atom stereocenters. The molecule has 3 N–H and O–H groups in total. The highest BCUT2D eigenvalue weighted by atomic mass is 16.1. The average Bonchev–Trinajstić information content (AvgIpc) is 2.71. The Morgan fingerprint density at radius 3 is 2.38 bits per heavy atom. The molecule has 0 bridgehead atoms. The number of fused-ring (bicyclic) bond motifs is 1. The fourth-order valence-corrected chi connectivity index (χ4v) is 3.15. The van der Waals surface area contributed by atoms with Gasteiger partial charge in [-0.1, -0.05) is 54.6 Å². The molecule has 0 radical (unpaired) electrons. The van der Waals surface area contributed by atoms with Crippen LogP contribution in [0, 0.1) is 0 Å². The Balaban J connectivity index is 2.03. The summed E-state index contributed by atoms with van der Waals surface area (Å²) in [7, 11) is 1.76. The summed E-state index contributed by atoms with van der Waals surface area (Å²) in [6, 6.07) is 22.2. The van der Waals surface area contributed by atoms with Crippen LogP contribution < -0.4 is 11.3 Å². The summed E-state index contributed by atoms with van der Waals surface area (Å²) in [6.07, 6.45) is 1.76. The maximum absolute atomic E-state index is 12.6. The average molecular weight is 342 g/mol. The number of hydrogen-bond acceptors (Lipinski definition) is 2. The van der Waals surface area contributed by atoms with E-state index in [-0.39, 0.29) is 5.56 Å². The molecule has 0 saturated heterocycles. The molecule has 0 aliphatic carbocycles. The summed E-state index contributed by atoms with van der Waals surface area (Å²) in [5, 5.41) is 0.631. The van der Waals surface area contributed by atoms with Crippen LogP contribution in [0.1, 0.15) is 5.56 Å². The molecule has 2 aromatic carbocycles. The molecule has 4 aromatic rings. The van der Waals surface area contributed by atoms with Crippen LogP contribution in [0.25, 0.3) is 33.3 Å². The number of rotatable bonds is 3. The van der Waals surface area contributed by atoms with E-state index in [2.05, 4.69) is 30.0 Å². The van der Waals surface area contributed by atoms with E-state index in [1.807, 2.05) is 42.5 Å². The van der Waals surface area contributed by atoms with E-state index in [9.17, 15) is 4.79 Å². The zero-order valence-electron chi connectivity index (χ0n) is 14.6. The second-order valence-corrected chi connectivity index (χ2v) is 6.36. The second-order valence-electron chi connectivity index (χ2n) is 6.36. The minimum atomic E-state index is -0.0360. The van der Waals surface area contributed by atoms with Crippen LogP contribution in [-0.4, -0.2) is 9.55 Å². The summed E-state index contributed by atoms with van der Waals surface area (Å²) in [5.41, 5.74) is 9.71. The van der Waals surface area contributed by atoms with Gasteiger partial charge in [0.2, 0.25) is 0 Å². The Kier molecular flexibility index (Phi) is 4.11. The Hall–Kier alpha value is -3.24. The number of pyridine rings is 2. The van der Waals surface area contributed by atoms with Gasteiger partial charge < -0.3 is 10.3 Å². The molecule has 0 spiro atoms. The van der Waals surface area contributed by atoms with E-state index in [0.717, 1.165) is 28.9 Å². The number of benzene rings is 2. The van der Waals surface area contributed by atoms with Gasteiger partial charge in [0.15, 0.2) is 0 Å². The molecule has 0 aliphatic heterocycles. The Morgan fingerprint density at radius 1 is 0.962 bits per heavy atom. The van der Waals surface area contributed by atoms with Crippen LogP contribution in [0.15, 0.2) is 77.7 Å². The summed E-state index contributed by atoms with van der Waals surface area (Å²) >= 11 is 0. The van der Waals surface area contributed by atoms with E-state index in [1.165, 1.54) is 5.56 Å². The van der Waals surface area contributed by atoms with E-state index in [4.69, 9.17) is 4.98 Å². The Bertz CT molecular complexity index is 1130. The van der Waals surface area contributed by atoms with Gasteiger partial charge in [-0.15, -0.1) is 0 Å². The van der Waals surface area contributed by atoms with E-state index < -0.39 is 0 Å². The van der Waals surface area contributed by atoms with E-state index in [1.54, 1.807) is 17.8 Å². The van der Waals surface area contributed by atoms with E-state index in [0.29, 0.717) is 10.9 Å². The normalized spacial score (nSPS) is 11.0. The molecule has 4 heteroatoms. The van der Waals surface area contributed by atoms with Crippen LogP contribution >= 0.6 is 0 Å². The van der Waals surface area contributed by atoms with Crippen molar-refractivity contribution in [3.05, 3.63) is 88.8 Å². The molecule has 2 aromatic heterocycles. The van der Waals surface area contributed by atoms with Crippen molar-refractivity contribution in [2.75, 3.05) is 0 Å². The van der Waals surface area contributed by atoms with Gasteiger partial charge in [-0.05, 0) is 17.7 Å². The van der Waals surface area contributed by atoms with Crippen molar-refractivity contribution in [2.45, 2.75) is 6.54 Å². The maximum Gasteiger partial charge on any atom is 0.259 e. The zero-order chi connectivity index (χ0) is 18.1. The highest BCUT2D eigenvalue weighted by molar-refractivity contribution is 5.91. The summed E-state index contributed by atoms with van der Waals surface area (Å²) < 4.78 is 1.58. The maximum atomic E-state index is 12.6. The van der Waals surface area contributed by atoms with Gasteiger partial charge in [0.1, 0.15) is 0 Å². The van der Waals surface area contributed by atoms with Gasteiger partial charge in [0.25, 0.3) is 5.56 Å². The lowest BCUT2D eigenvalue weighted by molar-refractivity contribution is -0.386. The molecule has 0 atom stereocenters. The van der Waals surface area contributed by atoms with Crippen LogP contribution in [0.3, 0.4) is 0 Å². The zero-order valence-corrected chi connectivity index (χ0v) is 14.6. The molecule has 128 valence electrons. The number of aryl methyl sites for hydroxylation is 1.